The number of carbonyl (C=O) groups excluding carboxylic acids is 2. The molecule has 12 heteroatoms. The molecule has 0 radical (unpaired) electrons. The molecule has 1 heterocycles. The number of hydrogen-bond donors (Lipinski definition) is 3. The van der Waals surface area contributed by atoms with Gasteiger partial charge in [-0.25, -0.2) is 0 Å². The van der Waals surface area contributed by atoms with E-state index in [2.05, 4.69) is 10.6 Å². The number of carboxylic acid groups (broad SMARTS) is 1. The number of amides is 2. The van der Waals surface area contributed by atoms with Crippen LogP contribution in [0.15, 0.2) is 24.0 Å². The Hall–Kier alpha value is -2.60. The number of hydrogen-bond acceptors (Lipinski definition) is 6. The highest BCUT2D eigenvalue weighted by Crippen LogP contribution is 2.37. The van der Waals surface area contributed by atoms with Crippen LogP contribution >= 0.6 is 0 Å². The molecule has 2 unspecified atom stereocenters. The topological polar surface area (TPSA) is 105 Å². The lowest BCUT2D eigenvalue weighted by molar-refractivity contribution is -0.185. The fourth-order valence-electron chi connectivity index (χ4n) is 3.77. The van der Waals surface area contributed by atoms with E-state index in [9.17, 15) is 32.7 Å². The van der Waals surface area contributed by atoms with Crippen molar-refractivity contribution in [2.45, 2.75) is 26.4 Å². The first-order chi connectivity index (χ1) is 15.8. The molecule has 0 saturated carbocycles. The first kappa shape index (κ1) is 29.4. The maximum atomic E-state index is 12.8. The molecule has 34 heavy (non-hydrogen) atoms. The molecule has 0 aromatic carbocycles. The third-order valence-corrected chi connectivity index (χ3v) is 5.81. The third-order valence-electron chi connectivity index (χ3n) is 5.81. The van der Waals surface area contributed by atoms with Crippen molar-refractivity contribution in [3.63, 3.8) is 0 Å². The van der Waals surface area contributed by atoms with Crippen molar-refractivity contribution in [3.05, 3.63) is 24.0 Å². The Morgan fingerprint density at radius 1 is 1.18 bits per heavy atom. The van der Waals surface area contributed by atoms with Crippen molar-refractivity contribution in [2.75, 3.05) is 60.4 Å². The molecule has 1 rings (SSSR count). The Labute approximate surface area is 198 Å². The van der Waals surface area contributed by atoms with Crippen LogP contribution in [0, 0.1) is 11.3 Å². The third kappa shape index (κ3) is 8.01. The smallest absolute Gasteiger partial charge is 0.471 e. The first-order valence-corrected chi connectivity index (χ1v) is 11.1. The Balaban J connectivity index is 2.92. The van der Waals surface area contributed by atoms with Crippen molar-refractivity contribution in [2.24, 2.45) is 11.3 Å². The molecular formula is C22H36F3N5O4. The molecule has 194 valence electrons. The Morgan fingerprint density at radius 3 is 2.32 bits per heavy atom. The maximum absolute atomic E-state index is 12.8. The minimum atomic E-state index is -5.04. The second-order valence-corrected chi connectivity index (χ2v) is 8.55. The summed E-state index contributed by atoms with van der Waals surface area (Å²) < 4.78 is 38.4. The van der Waals surface area contributed by atoms with E-state index in [0.717, 1.165) is 13.6 Å². The molecule has 2 atom stereocenters. The van der Waals surface area contributed by atoms with E-state index >= 15 is 0 Å². The summed E-state index contributed by atoms with van der Waals surface area (Å²) in [6.45, 7) is 5.22. The van der Waals surface area contributed by atoms with Gasteiger partial charge in [0.15, 0.2) is 0 Å². The minimum absolute atomic E-state index is 0.0457. The predicted molar refractivity (Wildman–Crippen MR) is 122 cm³/mol. The van der Waals surface area contributed by atoms with Gasteiger partial charge in [0.2, 0.25) is 5.91 Å². The Bertz CT molecular complexity index is 785. The number of rotatable bonds is 13. The van der Waals surface area contributed by atoms with Crippen LogP contribution in [-0.2, 0) is 14.4 Å². The number of aliphatic carboxylic acids is 1. The lowest BCUT2D eigenvalue weighted by atomic mass is 9.72. The van der Waals surface area contributed by atoms with Gasteiger partial charge in [0.25, 0.3) is 0 Å². The van der Waals surface area contributed by atoms with Crippen LogP contribution in [0.3, 0.4) is 0 Å². The summed E-state index contributed by atoms with van der Waals surface area (Å²) in [5.41, 5.74) is -1.14. The number of carbonyl (C=O) groups is 3. The summed E-state index contributed by atoms with van der Waals surface area (Å²) >= 11 is 0. The van der Waals surface area contributed by atoms with Crippen LogP contribution in [0.1, 0.15) is 20.3 Å². The van der Waals surface area contributed by atoms with Gasteiger partial charge in [0.1, 0.15) is 5.41 Å². The first-order valence-electron chi connectivity index (χ1n) is 11.1. The Kier molecular flexibility index (Phi) is 11.0. The summed E-state index contributed by atoms with van der Waals surface area (Å²) in [5.74, 6) is -4.17. The lowest BCUT2D eigenvalue weighted by Gasteiger charge is -2.37. The van der Waals surface area contributed by atoms with Gasteiger partial charge >= 0.3 is 18.1 Å². The van der Waals surface area contributed by atoms with Gasteiger partial charge in [-0.15, -0.1) is 0 Å². The summed E-state index contributed by atoms with van der Waals surface area (Å²) in [6, 6.07) is 0. The fraction of sp³-hybridized carbons (Fsp3) is 0.682. The second-order valence-electron chi connectivity index (χ2n) is 8.55. The van der Waals surface area contributed by atoms with Gasteiger partial charge < -0.3 is 30.4 Å². The van der Waals surface area contributed by atoms with Crippen molar-refractivity contribution in [3.8, 4) is 0 Å². The van der Waals surface area contributed by atoms with E-state index in [1.165, 1.54) is 18.4 Å². The minimum Gasteiger partial charge on any atom is -0.480 e. The zero-order chi connectivity index (χ0) is 26.1. The van der Waals surface area contributed by atoms with Gasteiger partial charge in [-0.3, -0.25) is 14.4 Å². The number of likely N-dealkylation sites (N-methyl/N-ethyl adjacent to an activating group) is 2. The summed E-state index contributed by atoms with van der Waals surface area (Å²) in [4.78, 5) is 40.5. The number of nitrogens with zero attached hydrogens (tertiary/aromatic N) is 3. The van der Waals surface area contributed by atoms with Gasteiger partial charge in [-0.05, 0) is 51.7 Å². The molecule has 9 nitrogen and oxygen atoms in total. The van der Waals surface area contributed by atoms with Crippen molar-refractivity contribution in [1.82, 2.24) is 25.3 Å². The van der Waals surface area contributed by atoms with Gasteiger partial charge in [-0.2, -0.15) is 13.2 Å². The highest BCUT2D eigenvalue weighted by molar-refractivity contribution is 5.83. The molecule has 3 N–H and O–H groups in total. The summed E-state index contributed by atoms with van der Waals surface area (Å²) in [6.07, 6.45) is -0.569. The largest absolute Gasteiger partial charge is 0.480 e. The van der Waals surface area contributed by atoms with E-state index in [0.29, 0.717) is 23.7 Å². The molecule has 0 spiro atoms. The highest BCUT2D eigenvalue weighted by Gasteiger charge is 2.46. The number of carboxylic acids is 1. The van der Waals surface area contributed by atoms with E-state index in [4.69, 9.17) is 0 Å². The van der Waals surface area contributed by atoms with Crippen molar-refractivity contribution in [1.29, 1.82) is 0 Å². The molecule has 0 aromatic rings. The highest BCUT2D eigenvalue weighted by atomic mass is 19.4. The molecule has 2 amide bonds. The van der Waals surface area contributed by atoms with Gasteiger partial charge in [0.05, 0.1) is 6.54 Å². The number of alkyl halides is 3. The zero-order valence-corrected chi connectivity index (χ0v) is 20.4. The average Bonchev–Trinajstić information content (AvgIpc) is 2.76. The summed E-state index contributed by atoms with van der Waals surface area (Å²) in [7, 11) is 4.84. The second kappa shape index (κ2) is 12.7. The quantitative estimate of drug-likeness (QED) is 0.354. The molecular weight excluding hydrogens is 455 g/mol. The van der Waals surface area contributed by atoms with E-state index in [-0.39, 0.29) is 25.4 Å². The zero-order valence-electron chi connectivity index (χ0n) is 20.4. The molecule has 1 aliphatic heterocycles. The summed E-state index contributed by atoms with van der Waals surface area (Å²) in [5, 5.41) is 15.9. The van der Waals surface area contributed by atoms with Crippen LogP contribution in [0.2, 0.25) is 0 Å². The fourth-order valence-corrected chi connectivity index (χ4v) is 3.77. The standard InChI is InChI=1S/C22H36F3N5O4/c1-6-16(15-29(5)19(32)22(23,24)25)21(20(33)34)8-9-27-17(12-21)13-26-14-18(31)30(7-2)11-10-28(3)4/h8-9,12,16,26-27H,6-7,10-11,13-15H2,1-5H3,(H,33,34). The molecule has 0 bridgehead atoms. The van der Waals surface area contributed by atoms with Crippen LogP contribution in [0.4, 0.5) is 13.2 Å². The number of dihydropyridines is 1. The predicted octanol–water partition coefficient (Wildman–Crippen LogP) is 1.10. The van der Waals surface area contributed by atoms with Crippen molar-refractivity contribution >= 4 is 17.8 Å². The monoisotopic (exact) mass is 491 g/mol. The van der Waals surface area contributed by atoms with Crippen LogP contribution in [0.5, 0.6) is 0 Å². The maximum Gasteiger partial charge on any atom is 0.471 e. The van der Waals surface area contributed by atoms with E-state index in [1.54, 1.807) is 11.8 Å². The van der Waals surface area contributed by atoms with E-state index in [1.807, 2.05) is 25.9 Å². The Morgan fingerprint density at radius 2 is 1.82 bits per heavy atom. The van der Waals surface area contributed by atoms with Crippen LogP contribution < -0.4 is 10.6 Å². The van der Waals surface area contributed by atoms with Gasteiger partial charge in [-0.1, -0.05) is 6.92 Å². The number of halogens is 3. The van der Waals surface area contributed by atoms with Crippen LogP contribution in [0.25, 0.3) is 0 Å². The van der Waals surface area contributed by atoms with Crippen LogP contribution in [-0.4, -0.2) is 104 Å². The molecule has 0 aliphatic carbocycles. The number of nitrogens with one attached hydrogen (secondary N) is 2. The average molecular weight is 492 g/mol. The molecule has 1 aliphatic rings. The molecule has 0 aromatic heterocycles. The molecule has 0 saturated heterocycles. The van der Waals surface area contributed by atoms with Gasteiger partial charge in [0, 0.05) is 45.5 Å². The molecule has 0 fully saturated rings. The van der Waals surface area contributed by atoms with Crippen molar-refractivity contribution < 1.29 is 32.7 Å². The SMILES string of the molecule is CCC(CN(C)C(=O)C(F)(F)F)C1(C(=O)O)C=CNC(CNCC(=O)N(CC)CCN(C)C)=C1. The van der Waals surface area contributed by atoms with E-state index < -0.39 is 35.9 Å². The lowest BCUT2D eigenvalue weighted by Crippen LogP contribution is -2.47. The normalized spacial score (nSPS) is 18.8.